The van der Waals surface area contributed by atoms with E-state index in [1.165, 1.54) is 21.9 Å². The van der Waals surface area contributed by atoms with Crippen molar-refractivity contribution in [1.29, 1.82) is 0 Å². The quantitative estimate of drug-likeness (QED) is 0.110. The zero-order valence-corrected chi connectivity index (χ0v) is 44.6. The molecule has 372 valence electrons. The number of nitrogens with one attached hydrogen (secondary N) is 1. The zero-order chi connectivity index (χ0) is 51.8. The van der Waals surface area contributed by atoms with Crippen molar-refractivity contribution in [2.45, 2.75) is 0 Å². The van der Waals surface area contributed by atoms with Gasteiger partial charge in [0.05, 0.1) is 17.1 Å². The van der Waals surface area contributed by atoms with Crippen LogP contribution in [-0.4, -0.2) is 48.9 Å². The summed E-state index contributed by atoms with van der Waals surface area (Å²) >= 11 is 5.06. The summed E-state index contributed by atoms with van der Waals surface area (Å²) in [5.74, 6) is 7.44. The molecule has 8 aromatic carbocycles. The standard InChI is InChI=1S/C61H41B3N6O5S3/c1-76-68-49-31-47-41(62-45-33-65-21-19-55(45)74-57-27-38(23-48(67-47)59(57)62)71-35-13-7-4-8-14-35)29-42(49)63-43-30-44-51(32-50(43)69(77-2)53-25-39(24-52(68)60(53)63)72-36-15-9-5-10-16-36)70(78-3)54-26-40(73-37-17-11-6-12-18-37)28-58-61(54)64(44)46-34-66-22-20-56(46)75-58/h4-34,67H,1-3H3. The molecular formula is C61H41B3N6O5S3. The largest absolute Gasteiger partial charge is 0.458 e. The molecule has 17 heteroatoms. The third kappa shape index (κ3) is 6.93. The van der Waals surface area contributed by atoms with E-state index < -0.39 is 0 Å². The SMILES string of the molecule is CSN1c2cc3c(cc2B2c4cnccc4Oc4cc(Oc5ccccc5)cc1c42)B1c2cc4c(cc2N(SC)c2cc(Oc5ccccc5)cc(c21)N3SC)Nc1cc(Oc2ccccc2)cc2c1B4c1cnccc1O2. The molecule has 10 aromatic rings. The fourth-order valence-electron chi connectivity index (χ4n) is 12.5. The van der Waals surface area contributed by atoms with Gasteiger partial charge in [-0.25, -0.2) is 0 Å². The summed E-state index contributed by atoms with van der Waals surface area (Å²) in [4.78, 5) is 9.43. The molecule has 78 heavy (non-hydrogen) atoms. The maximum absolute atomic E-state index is 6.85. The van der Waals surface area contributed by atoms with E-state index in [2.05, 4.69) is 85.5 Å². The van der Waals surface area contributed by atoms with Crippen LogP contribution in [0.4, 0.5) is 45.5 Å². The average molecular weight is 1070 g/mol. The number of ether oxygens (including phenoxy) is 5. The van der Waals surface area contributed by atoms with Crippen molar-refractivity contribution < 1.29 is 23.7 Å². The number of anilines is 8. The molecule has 8 heterocycles. The molecule has 0 saturated heterocycles. The highest BCUT2D eigenvalue weighted by Crippen LogP contribution is 2.49. The average Bonchev–Trinajstić information content (AvgIpc) is 3.41. The first-order chi connectivity index (χ1) is 38.5. The first-order valence-corrected chi connectivity index (χ1v) is 29.2. The Hall–Kier alpha value is -8.50. The summed E-state index contributed by atoms with van der Waals surface area (Å²) in [7, 11) is 0. The van der Waals surface area contributed by atoms with E-state index in [0.29, 0.717) is 11.5 Å². The number of pyridine rings is 2. The number of benzene rings is 8. The highest BCUT2D eigenvalue weighted by atomic mass is 32.2. The predicted molar refractivity (Wildman–Crippen MR) is 325 cm³/mol. The van der Waals surface area contributed by atoms with Gasteiger partial charge in [0, 0.05) is 108 Å². The van der Waals surface area contributed by atoms with Crippen LogP contribution >= 0.6 is 35.8 Å². The van der Waals surface area contributed by atoms with Gasteiger partial charge in [-0.1, -0.05) is 66.7 Å². The van der Waals surface area contributed by atoms with E-state index in [-0.39, 0.29) is 20.1 Å². The van der Waals surface area contributed by atoms with Crippen LogP contribution in [0.5, 0.6) is 57.5 Å². The van der Waals surface area contributed by atoms with Crippen molar-refractivity contribution >= 4 is 151 Å². The van der Waals surface area contributed by atoms with Crippen LogP contribution in [0.3, 0.4) is 0 Å². The number of hydrogen-bond acceptors (Lipinski definition) is 14. The molecule has 0 atom stereocenters. The van der Waals surface area contributed by atoms with Gasteiger partial charge in [0.2, 0.25) is 0 Å². The number of hydrogen-bond donors (Lipinski definition) is 1. The second-order valence-corrected chi connectivity index (χ2v) is 21.9. The Bertz CT molecular complexity index is 4150. The first kappa shape index (κ1) is 45.7. The van der Waals surface area contributed by atoms with Crippen LogP contribution in [0.15, 0.2) is 189 Å². The van der Waals surface area contributed by atoms with Crippen LogP contribution < -0.4 is 91.1 Å². The highest BCUT2D eigenvalue weighted by molar-refractivity contribution is 8.01. The molecule has 0 bridgehead atoms. The minimum atomic E-state index is -0.206. The molecule has 2 aromatic heterocycles. The summed E-state index contributed by atoms with van der Waals surface area (Å²) in [5, 5.41) is 3.92. The van der Waals surface area contributed by atoms with E-state index in [4.69, 9.17) is 33.7 Å². The van der Waals surface area contributed by atoms with Crippen molar-refractivity contribution in [3.05, 3.63) is 189 Å². The van der Waals surface area contributed by atoms with Crippen LogP contribution in [0.1, 0.15) is 0 Å². The second-order valence-electron chi connectivity index (χ2n) is 19.7. The maximum atomic E-state index is 6.85. The minimum Gasteiger partial charge on any atom is -0.458 e. The van der Waals surface area contributed by atoms with Crippen LogP contribution in [0.2, 0.25) is 0 Å². The Kier molecular flexibility index (Phi) is 10.4. The van der Waals surface area contributed by atoms with Crippen molar-refractivity contribution in [3.8, 4) is 57.5 Å². The molecule has 0 saturated carbocycles. The monoisotopic (exact) mass is 1070 g/mol. The number of nitrogens with zero attached hydrogens (tertiary/aromatic N) is 5. The van der Waals surface area contributed by atoms with Crippen LogP contribution in [0, 0.1) is 0 Å². The Morgan fingerprint density at radius 1 is 0.372 bits per heavy atom. The first-order valence-electron chi connectivity index (χ1n) is 25.6. The Morgan fingerprint density at radius 3 is 1.31 bits per heavy atom. The predicted octanol–water partition coefficient (Wildman–Crippen LogP) is 9.86. The lowest BCUT2D eigenvalue weighted by Gasteiger charge is -2.45. The van der Waals surface area contributed by atoms with Crippen molar-refractivity contribution in [2.75, 3.05) is 37.0 Å². The molecule has 0 unspecified atom stereocenters. The third-order valence-corrected chi connectivity index (χ3v) is 17.8. The lowest BCUT2D eigenvalue weighted by atomic mass is 9.29. The molecule has 16 rings (SSSR count). The van der Waals surface area contributed by atoms with Crippen molar-refractivity contribution in [3.63, 3.8) is 0 Å². The molecule has 11 nitrogen and oxygen atoms in total. The molecule has 1 N–H and O–H groups in total. The molecule has 0 aliphatic carbocycles. The Morgan fingerprint density at radius 2 is 0.795 bits per heavy atom. The molecule has 6 aliphatic rings. The van der Waals surface area contributed by atoms with E-state index in [9.17, 15) is 0 Å². The fraction of sp³-hybridized carbons (Fsp3) is 0.0492. The van der Waals surface area contributed by atoms with Gasteiger partial charge in [0.15, 0.2) is 0 Å². The van der Waals surface area contributed by atoms with Gasteiger partial charge in [-0.15, -0.1) is 0 Å². The fourth-order valence-corrected chi connectivity index (χ4v) is 14.6. The van der Waals surface area contributed by atoms with Gasteiger partial charge in [-0.2, -0.15) is 0 Å². The van der Waals surface area contributed by atoms with E-state index in [1.807, 2.05) is 134 Å². The Balaban J connectivity index is 0.930. The Labute approximate surface area is 464 Å². The smallest absolute Gasteiger partial charge is 0.258 e. The number of rotatable bonds is 9. The lowest BCUT2D eigenvalue weighted by molar-refractivity contribution is 0.462. The van der Waals surface area contributed by atoms with E-state index in [0.717, 1.165) is 119 Å². The maximum Gasteiger partial charge on any atom is 0.258 e. The summed E-state index contributed by atoms with van der Waals surface area (Å²) in [6.45, 7) is -0.587. The number of aromatic nitrogens is 2. The summed E-state index contributed by atoms with van der Waals surface area (Å²) in [5.41, 5.74) is 18.4. The summed E-state index contributed by atoms with van der Waals surface area (Å²) in [6, 6.07) is 56.2. The molecule has 0 amide bonds. The summed E-state index contributed by atoms with van der Waals surface area (Å²) in [6.07, 6.45) is 14.0. The van der Waals surface area contributed by atoms with Gasteiger partial charge in [-0.3, -0.25) is 22.9 Å². The van der Waals surface area contributed by atoms with Gasteiger partial charge < -0.3 is 29.0 Å². The molecule has 6 aliphatic heterocycles. The minimum absolute atomic E-state index is 0.189. The van der Waals surface area contributed by atoms with Gasteiger partial charge >= 0.3 is 0 Å². The molecule has 0 radical (unpaired) electrons. The zero-order valence-electron chi connectivity index (χ0n) is 42.1. The molecular weight excluding hydrogens is 1030 g/mol. The summed E-state index contributed by atoms with van der Waals surface area (Å²) < 4.78 is 40.7. The van der Waals surface area contributed by atoms with Crippen LogP contribution in [-0.2, 0) is 0 Å². The lowest BCUT2D eigenvalue weighted by Crippen LogP contribution is -2.65. The third-order valence-electron chi connectivity index (χ3n) is 15.6. The van der Waals surface area contributed by atoms with Crippen LogP contribution in [0.25, 0.3) is 0 Å². The van der Waals surface area contributed by atoms with Gasteiger partial charge in [0.25, 0.3) is 20.1 Å². The molecule has 0 spiro atoms. The topological polar surface area (TPSA) is 93.7 Å². The second kappa shape index (κ2) is 17.8. The number of fused-ring (bicyclic) bond motifs is 12. The normalized spacial score (nSPS) is 13.9. The van der Waals surface area contributed by atoms with Gasteiger partial charge in [-0.05, 0) is 146 Å². The van der Waals surface area contributed by atoms with Crippen molar-refractivity contribution in [1.82, 2.24) is 9.97 Å². The highest BCUT2D eigenvalue weighted by Gasteiger charge is 2.49. The van der Waals surface area contributed by atoms with Crippen molar-refractivity contribution in [2.24, 2.45) is 0 Å². The van der Waals surface area contributed by atoms with E-state index >= 15 is 0 Å². The molecule has 0 fully saturated rings. The number of para-hydroxylation sites is 3. The van der Waals surface area contributed by atoms with Gasteiger partial charge in [0.1, 0.15) is 57.5 Å². The van der Waals surface area contributed by atoms with E-state index in [1.54, 1.807) is 42.0 Å².